The number of carbonyl (C=O) groups excluding carboxylic acids is 3. The second-order valence-corrected chi connectivity index (χ2v) is 9.27. The third-order valence-electron chi connectivity index (χ3n) is 6.13. The Balaban J connectivity index is 1.81. The molecule has 0 bridgehead atoms. The van der Waals surface area contributed by atoms with Gasteiger partial charge in [-0.3, -0.25) is 19.1 Å². The molecule has 1 aromatic heterocycles. The summed E-state index contributed by atoms with van der Waals surface area (Å²) in [6, 6.07) is 11.2. The Morgan fingerprint density at radius 3 is 2.53 bits per heavy atom. The smallest absolute Gasteiger partial charge is 0.272 e. The number of aryl methyl sites for hydroxylation is 1. The van der Waals surface area contributed by atoms with Crippen molar-refractivity contribution in [1.82, 2.24) is 24.9 Å². The van der Waals surface area contributed by atoms with E-state index >= 15 is 0 Å². The maximum absolute atomic E-state index is 13.5. The number of carbonyl (C=O) groups is 3. The molecule has 0 radical (unpaired) electrons. The van der Waals surface area contributed by atoms with Crippen molar-refractivity contribution in [2.24, 2.45) is 5.92 Å². The Labute approximate surface area is 202 Å². The third kappa shape index (κ3) is 6.46. The SMILES string of the molecule is CCn1nc(CC(C)C)cc1C(=O)N1CCCN(C(C)=O)C(c2ccccc2)CC(=O)NCC1. The Morgan fingerprint density at radius 1 is 1.15 bits per heavy atom. The highest BCUT2D eigenvalue weighted by Crippen LogP contribution is 2.25. The van der Waals surface area contributed by atoms with Crippen molar-refractivity contribution in [2.45, 2.75) is 59.5 Å². The molecule has 2 heterocycles. The molecule has 8 heteroatoms. The fourth-order valence-electron chi connectivity index (χ4n) is 4.50. The summed E-state index contributed by atoms with van der Waals surface area (Å²) in [4.78, 5) is 42.3. The molecule has 1 aliphatic heterocycles. The molecule has 1 saturated heterocycles. The summed E-state index contributed by atoms with van der Waals surface area (Å²) >= 11 is 0. The van der Waals surface area contributed by atoms with Crippen LogP contribution in [-0.2, 0) is 22.6 Å². The van der Waals surface area contributed by atoms with Gasteiger partial charge in [0.2, 0.25) is 11.8 Å². The van der Waals surface area contributed by atoms with E-state index in [9.17, 15) is 14.4 Å². The molecule has 0 spiro atoms. The van der Waals surface area contributed by atoms with Gasteiger partial charge in [-0.05, 0) is 37.3 Å². The molecule has 1 aliphatic rings. The molecule has 0 aliphatic carbocycles. The number of nitrogens with zero attached hydrogens (tertiary/aromatic N) is 4. The summed E-state index contributed by atoms with van der Waals surface area (Å²) in [5.41, 5.74) is 2.43. The average molecular weight is 468 g/mol. The first-order chi connectivity index (χ1) is 16.3. The van der Waals surface area contributed by atoms with E-state index < -0.39 is 0 Å². The highest BCUT2D eigenvalue weighted by atomic mass is 16.2. The van der Waals surface area contributed by atoms with E-state index in [1.807, 2.05) is 43.3 Å². The number of hydrogen-bond donors (Lipinski definition) is 1. The first-order valence-corrected chi connectivity index (χ1v) is 12.2. The fourth-order valence-corrected chi connectivity index (χ4v) is 4.50. The van der Waals surface area contributed by atoms with Crippen molar-refractivity contribution in [3.63, 3.8) is 0 Å². The number of hydrogen-bond acceptors (Lipinski definition) is 4. The Morgan fingerprint density at radius 2 is 1.88 bits per heavy atom. The van der Waals surface area contributed by atoms with Crippen molar-refractivity contribution in [3.05, 3.63) is 53.3 Å². The highest BCUT2D eigenvalue weighted by molar-refractivity contribution is 5.92. The molecular weight excluding hydrogens is 430 g/mol. The van der Waals surface area contributed by atoms with Gasteiger partial charge in [0.1, 0.15) is 5.69 Å². The average Bonchev–Trinajstić information content (AvgIpc) is 3.19. The molecule has 1 N–H and O–H groups in total. The molecule has 1 unspecified atom stereocenters. The van der Waals surface area contributed by atoms with Crippen molar-refractivity contribution >= 4 is 17.7 Å². The van der Waals surface area contributed by atoms with E-state index in [1.165, 1.54) is 6.92 Å². The zero-order valence-corrected chi connectivity index (χ0v) is 20.8. The largest absolute Gasteiger partial charge is 0.354 e. The lowest BCUT2D eigenvalue weighted by molar-refractivity contribution is -0.132. The molecule has 2 aromatic rings. The summed E-state index contributed by atoms with van der Waals surface area (Å²) in [5, 5.41) is 7.55. The summed E-state index contributed by atoms with van der Waals surface area (Å²) in [6.07, 6.45) is 1.64. The first kappa shape index (κ1) is 25.5. The van der Waals surface area contributed by atoms with Crippen LogP contribution in [0.5, 0.6) is 0 Å². The molecule has 3 rings (SSSR count). The van der Waals surface area contributed by atoms with Crippen LogP contribution < -0.4 is 5.32 Å². The molecule has 0 saturated carbocycles. The molecule has 1 fully saturated rings. The van der Waals surface area contributed by atoms with E-state index in [0.717, 1.165) is 17.7 Å². The van der Waals surface area contributed by atoms with Gasteiger partial charge in [-0.25, -0.2) is 0 Å². The van der Waals surface area contributed by atoms with E-state index in [0.29, 0.717) is 50.8 Å². The van der Waals surface area contributed by atoms with Crippen LogP contribution in [0.25, 0.3) is 0 Å². The normalized spacial score (nSPS) is 17.9. The Bertz CT molecular complexity index is 986. The van der Waals surface area contributed by atoms with Gasteiger partial charge in [0.15, 0.2) is 0 Å². The molecule has 1 atom stereocenters. The topological polar surface area (TPSA) is 87.5 Å². The number of aromatic nitrogens is 2. The molecule has 34 heavy (non-hydrogen) atoms. The van der Waals surface area contributed by atoms with Crippen LogP contribution in [0, 0.1) is 5.92 Å². The predicted octanol–water partition coefficient (Wildman–Crippen LogP) is 3.04. The third-order valence-corrected chi connectivity index (χ3v) is 6.13. The maximum Gasteiger partial charge on any atom is 0.272 e. The first-order valence-electron chi connectivity index (χ1n) is 12.2. The lowest BCUT2D eigenvalue weighted by Crippen LogP contribution is -2.40. The van der Waals surface area contributed by atoms with Crippen molar-refractivity contribution in [2.75, 3.05) is 26.2 Å². The quantitative estimate of drug-likeness (QED) is 0.732. The fraction of sp³-hybridized carbons (Fsp3) is 0.538. The van der Waals surface area contributed by atoms with Crippen LogP contribution in [0.3, 0.4) is 0 Å². The second kappa shape index (κ2) is 11.8. The van der Waals surface area contributed by atoms with Crippen LogP contribution in [0.2, 0.25) is 0 Å². The zero-order valence-electron chi connectivity index (χ0n) is 20.8. The van der Waals surface area contributed by atoms with Crippen molar-refractivity contribution in [1.29, 1.82) is 0 Å². The minimum Gasteiger partial charge on any atom is -0.354 e. The minimum atomic E-state index is -0.332. The van der Waals surface area contributed by atoms with Crippen molar-refractivity contribution < 1.29 is 14.4 Å². The summed E-state index contributed by atoms with van der Waals surface area (Å²) in [7, 11) is 0. The number of rotatable bonds is 5. The molecular formula is C26H37N5O3. The van der Waals surface area contributed by atoms with E-state index in [1.54, 1.807) is 14.5 Å². The summed E-state index contributed by atoms with van der Waals surface area (Å²) in [6.45, 7) is 10.1. The van der Waals surface area contributed by atoms with E-state index in [4.69, 9.17) is 0 Å². The van der Waals surface area contributed by atoms with Crippen LogP contribution in [0.1, 0.15) is 68.3 Å². The number of benzene rings is 1. The van der Waals surface area contributed by atoms with Crippen LogP contribution >= 0.6 is 0 Å². The maximum atomic E-state index is 13.5. The monoisotopic (exact) mass is 467 g/mol. The highest BCUT2D eigenvalue weighted by Gasteiger charge is 2.27. The van der Waals surface area contributed by atoms with Gasteiger partial charge in [0.25, 0.3) is 5.91 Å². The van der Waals surface area contributed by atoms with Gasteiger partial charge >= 0.3 is 0 Å². The van der Waals surface area contributed by atoms with Gasteiger partial charge in [0, 0.05) is 39.6 Å². The van der Waals surface area contributed by atoms with Crippen LogP contribution in [0.4, 0.5) is 0 Å². The lowest BCUT2D eigenvalue weighted by atomic mass is 10.0. The van der Waals surface area contributed by atoms with E-state index in [2.05, 4.69) is 24.3 Å². The number of nitrogens with one attached hydrogen (secondary N) is 1. The van der Waals surface area contributed by atoms with Gasteiger partial charge in [0.05, 0.1) is 18.2 Å². The zero-order chi connectivity index (χ0) is 24.7. The second-order valence-electron chi connectivity index (χ2n) is 9.27. The summed E-state index contributed by atoms with van der Waals surface area (Å²) in [5.74, 6) is 0.145. The number of amides is 3. The van der Waals surface area contributed by atoms with Gasteiger partial charge in [-0.15, -0.1) is 0 Å². The van der Waals surface area contributed by atoms with Crippen LogP contribution in [-0.4, -0.2) is 63.5 Å². The molecule has 8 nitrogen and oxygen atoms in total. The van der Waals surface area contributed by atoms with Gasteiger partial charge in [-0.1, -0.05) is 44.2 Å². The van der Waals surface area contributed by atoms with Gasteiger partial charge in [-0.2, -0.15) is 5.10 Å². The minimum absolute atomic E-state index is 0.0823. The molecule has 1 aromatic carbocycles. The van der Waals surface area contributed by atoms with Crippen molar-refractivity contribution in [3.8, 4) is 0 Å². The standard InChI is InChI=1S/C26H37N5O3/c1-5-31-24(17-22(28-31)16-19(2)3)26(34)29-13-9-14-30(20(4)32)23(18-25(33)27-12-15-29)21-10-7-6-8-11-21/h6-8,10-11,17,19,23H,5,9,12-16,18H2,1-4H3,(H,27,33). The van der Waals surface area contributed by atoms with Gasteiger partial charge < -0.3 is 15.1 Å². The molecule has 184 valence electrons. The lowest BCUT2D eigenvalue weighted by Gasteiger charge is -2.31. The molecule has 3 amide bonds. The Hall–Kier alpha value is -3.16. The van der Waals surface area contributed by atoms with E-state index in [-0.39, 0.29) is 30.2 Å². The summed E-state index contributed by atoms with van der Waals surface area (Å²) < 4.78 is 1.76. The Kier molecular flexibility index (Phi) is 8.85. The van der Waals surface area contributed by atoms with Crippen LogP contribution in [0.15, 0.2) is 36.4 Å². The predicted molar refractivity (Wildman–Crippen MR) is 131 cm³/mol.